The molecule has 1 N–H and O–H groups in total. The van der Waals surface area contributed by atoms with Gasteiger partial charge in [-0.05, 0) is 73.6 Å². The van der Waals surface area contributed by atoms with Crippen LogP contribution < -0.4 is 9.47 Å². The molecule has 1 heterocycles. The zero-order chi connectivity index (χ0) is 27.2. The zero-order valence-electron chi connectivity index (χ0n) is 20.6. The number of halogens is 2. The largest absolute Gasteiger partial charge is 0.490 e. The first kappa shape index (κ1) is 27.2. The molecule has 1 aliphatic heterocycles. The Morgan fingerprint density at radius 3 is 2.63 bits per heavy atom. The fraction of sp³-hybridized carbons (Fsp3) is 0.179. The first-order valence-electron chi connectivity index (χ1n) is 11.8. The first-order chi connectivity index (χ1) is 18.3. The highest BCUT2D eigenvalue weighted by Crippen LogP contribution is 2.40. The smallest absolute Gasteiger partial charge is 0.335 e. The molecule has 0 atom stereocenters. The summed E-state index contributed by atoms with van der Waals surface area (Å²) in [5.41, 5.74) is 1.52. The van der Waals surface area contributed by atoms with E-state index in [-0.39, 0.29) is 34.7 Å². The predicted octanol–water partition coefficient (Wildman–Crippen LogP) is 6.78. The van der Waals surface area contributed by atoms with Crippen LogP contribution in [0.3, 0.4) is 0 Å². The molecule has 3 aromatic rings. The minimum atomic E-state index is -1.06. The van der Waals surface area contributed by atoms with Crippen molar-refractivity contribution < 1.29 is 28.6 Å². The Bertz CT molecular complexity index is 1440. The third-order valence-corrected chi connectivity index (χ3v) is 6.77. The highest BCUT2D eigenvalue weighted by molar-refractivity contribution is 8.18. The lowest BCUT2D eigenvalue weighted by Crippen LogP contribution is -2.28. The van der Waals surface area contributed by atoms with Gasteiger partial charge in [0.25, 0.3) is 5.91 Å². The number of nitrogens with zero attached hydrogens (tertiary/aromatic N) is 2. The molecule has 4 rings (SSSR count). The number of amidine groups is 1. The van der Waals surface area contributed by atoms with E-state index in [1.807, 2.05) is 13.8 Å². The van der Waals surface area contributed by atoms with Crippen molar-refractivity contribution in [2.24, 2.45) is 4.99 Å². The van der Waals surface area contributed by atoms with Crippen molar-refractivity contribution in [3.05, 3.63) is 93.1 Å². The van der Waals surface area contributed by atoms with Gasteiger partial charge in [0.15, 0.2) is 16.7 Å². The number of benzene rings is 3. The van der Waals surface area contributed by atoms with E-state index in [0.717, 1.165) is 0 Å². The third-order valence-electron chi connectivity index (χ3n) is 5.48. The molecule has 0 aliphatic carbocycles. The number of carbonyl (C=O) groups is 2. The minimum absolute atomic E-state index is 0.0321. The molecule has 1 amide bonds. The standard InChI is InChI=1S/C28H24ClFN2O5S/c1-3-32-26(33)24(38-28(32)31-20-10-7-9-18(15-20)27(34)35)14-17-12-21(29)25(23(13-17)36-4-2)37-16-19-8-5-6-11-22(19)30/h5-15H,3-4,16H2,1-2H3,(H,34,35)/b24-14-,31-28?. The summed E-state index contributed by atoms with van der Waals surface area (Å²) >= 11 is 7.71. The van der Waals surface area contributed by atoms with Gasteiger partial charge in [0, 0.05) is 12.1 Å². The van der Waals surface area contributed by atoms with E-state index < -0.39 is 5.97 Å². The summed E-state index contributed by atoms with van der Waals surface area (Å²) in [5, 5.41) is 9.94. The third kappa shape index (κ3) is 6.17. The van der Waals surface area contributed by atoms with E-state index in [9.17, 15) is 19.1 Å². The Morgan fingerprint density at radius 1 is 1.13 bits per heavy atom. The Hall–Kier alpha value is -3.82. The van der Waals surface area contributed by atoms with Crippen LogP contribution in [0.1, 0.15) is 35.3 Å². The molecule has 3 aromatic carbocycles. The number of carboxylic acids is 1. The Balaban J connectivity index is 1.62. The van der Waals surface area contributed by atoms with Crippen molar-refractivity contribution in [1.82, 2.24) is 4.90 Å². The predicted molar refractivity (Wildman–Crippen MR) is 147 cm³/mol. The maximum absolute atomic E-state index is 14.0. The molecular weight excluding hydrogens is 531 g/mol. The number of carboxylic acid groups (broad SMARTS) is 1. The highest BCUT2D eigenvalue weighted by Gasteiger charge is 2.32. The average Bonchev–Trinajstić information content (AvgIpc) is 3.18. The molecule has 0 bridgehead atoms. The minimum Gasteiger partial charge on any atom is -0.490 e. The van der Waals surface area contributed by atoms with E-state index in [1.54, 1.807) is 48.5 Å². The number of thioether (sulfide) groups is 1. The molecule has 196 valence electrons. The van der Waals surface area contributed by atoms with Crippen molar-refractivity contribution in [2.75, 3.05) is 13.2 Å². The number of amides is 1. The van der Waals surface area contributed by atoms with E-state index in [2.05, 4.69) is 4.99 Å². The Morgan fingerprint density at radius 2 is 1.92 bits per heavy atom. The van der Waals surface area contributed by atoms with Crippen LogP contribution in [0.2, 0.25) is 5.02 Å². The topological polar surface area (TPSA) is 88.4 Å². The summed E-state index contributed by atoms with van der Waals surface area (Å²) in [7, 11) is 0. The summed E-state index contributed by atoms with van der Waals surface area (Å²) in [4.78, 5) is 30.8. The Kier molecular flexibility index (Phi) is 8.70. The van der Waals surface area contributed by atoms with Crippen molar-refractivity contribution in [2.45, 2.75) is 20.5 Å². The van der Waals surface area contributed by atoms with Gasteiger partial charge in [0.1, 0.15) is 12.4 Å². The van der Waals surface area contributed by atoms with Gasteiger partial charge in [-0.1, -0.05) is 35.9 Å². The van der Waals surface area contributed by atoms with Crippen LogP contribution in [0.25, 0.3) is 6.08 Å². The van der Waals surface area contributed by atoms with Crippen molar-refractivity contribution >= 4 is 52.2 Å². The monoisotopic (exact) mass is 554 g/mol. The molecule has 0 aromatic heterocycles. The molecule has 1 saturated heterocycles. The van der Waals surface area contributed by atoms with E-state index in [4.69, 9.17) is 21.1 Å². The van der Waals surface area contributed by atoms with Crippen LogP contribution in [-0.4, -0.2) is 40.2 Å². The summed E-state index contributed by atoms with van der Waals surface area (Å²) in [6.45, 7) is 4.34. The van der Waals surface area contributed by atoms with Gasteiger partial charge in [-0.2, -0.15) is 0 Å². The maximum Gasteiger partial charge on any atom is 0.335 e. The SMILES string of the molecule is CCOc1cc(/C=C2\SC(=Nc3cccc(C(=O)O)c3)N(CC)C2=O)cc(Cl)c1OCc1ccccc1F. The average molecular weight is 555 g/mol. The first-order valence-corrected chi connectivity index (χ1v) is 13.0. The number of ether oxygens (including phenoxy) is 2. The van der Waals surface area contributed by atoms with Crippen LogP contribution in [0.4, 0.5) is 10.1 Å². The van der Waals surface area contributed by atoms with Gasteiger partial charge in [0.2, 0.25) is 0 Å². The lowest BCUT2D eigenvalue weighted by atomic mass is 10.1. The number of aromatic carboxylic acids is 1. The molecule has 1 fully saturated rings. The molecule has 0 radical (unpaired) electrons. The summed E-state index contributed by atoms with van der Waals surface area (Å²) in [6, 6.07) is 15.9. The van der Waals surface area contributed by atoms with Crippen LogP contribution >= 0.6 is 23.4 Å². The quantitative estimate of drug-likeness (QED) is 0.293. The van der Waals surface area contributed by atoms with Gasteiger partial charge < -0.3 is 14.6 Å². The lowest BCUT2D eigenvalue weighted by molar-refractivity contribution is -0.122. The fourth-order valence-electron chi connectivity index (χ4n) is 3.68. The van der Waals surface area contributed by atoms with E-state index >= 15 is 0 Å². The molecule has 7 nitrogen and oxygen atoms in total. The number of hydrogen-bond donors (Lipinski definition) is 1. The van der Waals surface area contributed by atoms with Crippen LogP contribution in [0, 0.1) is 5.82 Å². The van der Waals surface area contributed by atoms with Crippen LogP contribution in [-0.2, 0) is 11.4 Å². The van der Waals surface area contributed by atoms with Gasteiger partial charge in [-0.15, -0.1) is 0 Å². The van der Waals surface area contributed by atoms with Crippen LogP contribution in [0.15, 0.2) is 70.6 Å². The molecule has 0 saturated carbocycles. The lowest BCUT2D eigenvalue weighted by Gasteiger charge is -2.15. The van der Waals surface area contributed by atoms with E-state index in [0.29, 0.717) is 45.8 Å². The second-order valence-corrected chi connectivity index (χ2v) is 9.47. The second-order valence-electron chi connectivity index (χ2n) is 8.05. The van der Waals surface area contributed by atoms with Crippen LogP contribution in [0.5, 0.6) is 11.5 Å². The molecule has 0 spiro atoms. The zero-order valence-corrected chi connectivity index (χ0v) is 22.2. The number of hydrogen-bond acceptors (Lipinski definition) is 6. The molecule has 10 heteroatoms. The number of aliphatic imine (C=N–C) groups is 1. The van der Waals surface area contributed by atoms with Crippen molar-refractivity contribution in [3.63, 3.8) is 0 Å². The van der Waals surface area contributed by atoms with E-state index in [1.165, 1.54) is 34.9 Å². The molecule has 1 aliphatic rings. The van der Waals surface area contributed by atoms with Gasteiger partial charge in [0.05, 0.1) is 27.8 Å². The van der Waals surface area contributed by atoms with Gasteiger partial charge in [-0.25, -0.2) is 14.2 Å². The van der Waals surface area contributed by atoms with Gasteiger partial charge >= 0.3 is 5.97 Å². The number of carbonyl (C=O) groups excluding carboxylic acids is 1. The summed E-state index contributed by atoms with van der Waals surface area (Å²) in [5.74, 6) is -1.03. The van der Waals surface area contributed by atoms with Gasteiger partial charge in [-0.3, -0.25) is 9.69 Å². The normalized spacial score (nSPS) is 15.4. The van der Waals surface area contributed by atoms with Crippen molar-refractivity contribution in [3.8, 4) is 11.5 Å². The number of rotatable bonds is 9. The maximum atomic E-state index is 14.0. The summed E-state index contributed by atoms with van der Waals surface area (Å²) in [6.07, 6.45) is 1.68. The Labute approximate surface area is 228 Å². The highest BCUT2D eigenvalue weighted by atomic mass is 35.5. The molecule has 38 heavy (non-hydrogen) atoms. The number of likely N-dealkylation sites (N-methyl/N-ethyl adjacent to an activating group) is 1. The molecule has 0 unspecified atom stereocenters. The van der Waals surface area contributed by atoms with Crippen molar-refractivity contribution in [1.29, 1.82) is 0 Å². The fourth-order valence-corrected chi connectivity index (χ4v) is 5.02. The molecular formula is C28H24ClFN2O5S. The second kappa shape index (κ2) is 12.1. The summed E-state index contributed by atoms with van der Waals surface area (Å²) < 4.78 is 25.6.